The molecule has 0 bridgehead atoms. The van der Waals surface area contributed by atoms with E-state index in [1.165, 1.54) is 19.2 Å². The zero-order valence-electron chi connectivity index (χ0n) is 14.0. The van der Waals surface area contributed by atoms with Crippen molar-refractivity contribution in [3.05, 3.63) is 0 Å². The van der Waals surface area contributed by atoms with Crippen molar-refractivity contribution in [3.8, 4) is 0 Å². The van der Waals surface area contributed by atoms with Gasteiger partial charge in [-0.1, -0.05) is 15.9 Å². The smallest absolute Gasteiger partial charge is 0.326 e. The van der Waals surface area contributed by atoms with E-state index < -0.39 is 42.1 Å². The molecule has 0 aromatic rings. The standard InChI is InChI=1S/C14H22BrFN4O5/c1-24-13(22)11-12(14(23)25-2)20(19-18-11)6-10(21)17-9-4-3-7(15)5-8(9)16/h7-9,11-12,18-19H,3-6H2,1-2H3,(H,17,21). The van der Waals surface area contributed by atoms with Crippen molar-refractivity contribution in [2.45, 2.75) is 48.4 Å². The molecule has 11 heteroatoms. The second-order valence-electron chi connectivity index (χ2n) is 5.95. The number of carbonyl (C=O) groups is 3. The van der Waals surface area contributed by atoms with Gasteiger partial charge in [0.1, 0.15) is 12.2 Å². The highest BCUT2D eigenvalue weighted by molar-refractivity contribution is 9.09. The van der Waals surface area contributed by atoms with Crippen molar-refractivity contribution in [2.24, 2.45) is 0 Å². The quantitative estimate of drug-likeness (QED) is 0.387. The van der Waals surface area contributed by atoms with Crippen LogP contribution < -0.4 is 16.3 Å². The van der Waals surface area contributed by atoms with Crippen molar-refractivity contribution in [3.63, 3.8) is 0 Å². The fourth-order valence-electron chi connectivity index (χ4n) is 2.96. The summed E-state index contributed by atoms with van der Waals surface area (Å²) in [6.45, 7) is -0.263. The van der Waals surface area contributed by atoms with E-state index >= 15 is 0 Å². The molecule has 1 aliphatic heterocycles. The second kappa shape index (κ2) is 8.88. The Labute approximate surface area is 153 Å². The SMILES string of the molecule is COC(=O)C1NNN(CC(=O)NC2CCC(Br)CC2F)C1C(=O)OC. The zero-order valence-corrected chi connectivity index (χ0v) is 15.5. The van der Waals surface area contributed by atoms with Crippen LogP contribution in [0.2, 0.25) is 0 Å². The zero-order chi connectivity index (χ0) is 18.6. The van der Waals surface area contributed by atoms with E-state index in [0.717, 1.165) is 6.42 Å². The summed E-state index contributed by atoms with van der Waals surface area (Å²) in [5.74, 6) is -1.84. The Hall–Kier alpha value is -1.30. The Bertz CT molecular complexity index is 525. The van der Waals surface area contributed by atoms with E-state index in [0.29, 0.717) is 12.8 Å². The van der Waals surface area contributed by atoms with Crippen LogP contribution in [-0.4, -0.2) is 72.7 Å². The van der Waals surface area contributed by atoms with Gasteiger partial charge in [0.25, 0.3) is 0 Å². The predicted octanol–water partition coefficient (Wildman–Crippen LogP) is -0.835. The number of halogens is 2. The van der Waals surface area contributed by atoms with Crippen molar-refractivity contribution in [1.82, 2.24) is 21.3 Å². The number of hydrazine groups is 2. The van der Waals surface area contributed by atoms with Gasteiger partial charge in [-0.3, -0.25) is 14.4 Å². The molecule has 0 spiro atoms. The molecule has 5 atom stereocenters. The van der Waals surface area contributed by atoms with Crippen LogP contribution in [0.5, 0.6) is 0 Å². The lowest BCUT2D eigenvalue weighted by atomic mass is 9.93. The van der Waals surface area contributed by atoms with Gasteiger partial charge in [0, 0.05) is 4.83 Å². The first kappa shape index (κ1) is 20.0. The highest BCUT2D eigenvalue weighted by atomic mass is 79.9. The predicted molar refractivity (Wildman–Crippen MR) is 88.0 cm³/mol. The maximum atomic E-state index is 14.0. The van der Waals surface area contributed by atoms with Crippen LogP contribution in [0.3, 0.4) is 0 Å². The molecular formula is C14H22BrFN4O5. The summed E-state index contributed by atoms with van der Waals surface area (Å²) in [5.41, 5.74) is 5.18. The molecule has 0 aromatic carbocycles. The number of methoxy groups -OCH3 is 2. The van der Waals surface area contributed by atoms with Crippen LogP contribution >= 0.6 is 15.9 Å². The summed E-state index contributed by atoms with van der Waals surface area (Å²) < 4.78 is 23.3. The summed E-state index contributed by atoms with van der Waals surface area (Å²) in [6, 6.07) is -2.67. The maximum absolute atomic E-state index is 14.0. The minimum Gasteiger partial charge on any atom is -0.468 e. The number of ether oxygens (including phenoxy) is 2. The van der Waals surface area contributed by atoms with Gasteiger partial charge in [-0.2, -0.15) is 5.53 Å². The van der Waals surface area contributed by atoms with Gasteiger partial charge in [0.05, 0.1) is 26.8 Å². The third kappa shape index (κ3) is 4.87. The molecule has 2 aliphatic rings. The fourth-order valence-corrected chi connectivity index (χ4v) is 3.58. The monoisotopic (exact) mass is 424 g/mol. The molecule has 5 unspecified atom stereocenters. The summed E-state index contributed by atoms with van der Waals surface area (Å²) in [7, 11) is 2.37. The van der Waals surface area contributed by atoms with Gasteiger partial charge in [0.15, 0.2) is 6.04 Å². The molecule has 2 fully saturated rings. The molecule has 142 valence electrons. The van der Waals surface area contributed by atoms with Crippen LogP contribution in [0.4, 0.5) is 4.39 Å². The Morgan fingerprint density at radius 3 is 2.52 bits per heavy atom. The average Bonchev–Trinajstić information content (AvgIpc) is 2.99. The van der Waals surface area contributed by atoms with Gasteiger partial charge in [0.2, 0.25) is 5.91 Å². The van der Waals surface area contributed by atoms with Gasteiger partial charge >= 0.3 is 11.9 Å². The third-order valence-corrected chi connectivity index (χ3v) is 5.11. The maximum Gasteiger partial charge on any atom is 0.326 e. The van der Waals surface area contributed by atoms with Gasteiger partial charge in [-0.05, 0) is 19.3 Å². The fraction of sp³-hybridized carbons (Fsp3) is 0.786. The number of nitrogens with zero attached hydrogens (tertiary/aromatic N) is 1. The van der Waals surface area contributed by atoms with Crippen LogP contribution in [0.1, 0.15) is 19.3 Å². The minimum absolute atomic E-state index is 0.115. The lowest BCUT2D eigenvalue weighted by molar-refractivity contribution is -0.153. The second-order valence-corrected chi connectivity index (χ2v) is 7.25. The van der Waals surface area contributed by atoms with E-state index in [-0.39, 0.29) is 11.4 Å². The lowest BCUT2D eigenvalue weighted by Crippen LogP contribution is -2.53. The van der Waals surface area contributed by atoms with Gasteiger partial charge in [-0.25, -0.2) is 14.8 Å². The van der Waals surface area contributed by atoms with E-state index in [2.05, 4.69) is 41.7 Å². The molecule has 1 amide bonds. The lowest BCUT2D eigenvalue weighted by Gasteiger charge is -2.30. The van der Waals surface area contributed by atoms with Crippen molar-refractivity contribution < 1.29 is 28.2 Å². The Balaban J connectivity index is 1.96. The highest BCUT2D eigenvalue weighted by Crippen LogP contribution is 2.26. The Morgan fingerprint density at radius 1 is 1.24 bits per heavy atom. The summed E-state index contributed by atoms with van der Waals surface area (Å²) in [6.07, 6.45) is 0.499. The molecule has 25 heavy (non-hydrogen) atoms. The van der Waals surface area contributed by atoms with E-state index in [1.54, 1.807) is 0 Å². The van der Waals surface area contributed by atoms with Crippen molar-refractivity contribution in [2.75, 3.05) is 20.8 Å². The average molecular weight is 425 g/mol. The molecular weight excluding hydrogens is 403 g/mol. The van der Waals surface area contributed by atoms with Gasteiger partial charge in [-0.15, -0.1) is 0 Å². The number of carbonyl (C=O) groups excluding carboxylic acids is 3. The van der Waals surface area contributed by atoms with Crippen molar-refractivity contribution in [1.29, 1.82) is 0 Å². The molecule has 1 saturated heterocycles. The Kier molecular flexibility index (Phi) is 7.11. The first-order valence-electron chi connectivity index (χ1n) is 7.88. The first-order chi connectivity index (χ1) is 11.9. The Morgan fingerprint density at radius 2 is 1.92 bits per heavy atom. The van der Waals surface area contributed by atoms with Crippen molar-refractivity contribution >= 4 is 33.8 Å². The summed E-state index contributed by atoms with van der Waals surface area (Å²) >= 11 is 3.38. The third-order valence-electron chi connectivity index (χ3n) is 4.28. The van der Waals surface area contributed by atoms with Gasteiger partial charge < -0.3 is 14.8 Å². The molecule has 9 nitrogen and oxygen atoms in total. The molecule has 3 N–H and O–H groups in total. The summed E-state index contributed by atoms with van der Waals surface area (Å²) in [4.78, 5) is 36.1. The highest BCUT2D eigenvalue weighted by Gasteiger charge is 2.46. The number of alkyl halides is 2. The van der Waals surface area contributed by atoms with Crippen LogP contribution in [0, 0.1) is 0 Å². The number of amides is 1. The number of nitrogens with one attached hydrogen (secondary N) is 3. The molecule has 1 saturated carbocycles. The largest absolute Gasteiger partial charge is 0.468 e. The number of hydrogen-bond acceptors (Lipinski definition) is 8. The molecule has 1 heterocycles. The molecule has 0 aromatic heterocycles. The van der Waals surface area contributed by atoms with Crippen LogP contribution in [-0.2, 0) is 23.9 Å². The van der Waals surface area contributed by atoms with Crippen LogP contribution in [0.25, 0.3) is 0 Å². The molecule has 2 rings (SSSR count). The number of esters is 2. The molecule has 1 aliphatic carbocycles. The first-order valence-corrected chi connectivity index (χ1v) is 8.80. The molecule has 0 radical (unpaired) electrons. The van der Waals surface area contributed by atoms with E-state index in [1.807, 2.05) is 0 Å². The van der Waals surface area contributed by atoms with E-state index in [4.69, 9.17) is 0 Å². The minimum atomic E-state index is -1.13. The van der Waals surface area contributed by atoms with E-state index in [9.17, 15) is 18.8 Å². The number of rotatable bonds is 5. The summed E-state index contributed by atoms with van der Waals surface area (Å²) in [5, 5.41) is 3.87. The van der Waals surface area contributed by atoms with Crippen LogP contribution in [0.15, 0.2) is 0 Å². The topological polar surface area (TPSA) is 109 Å². The number of hydrogen-bond donors (Lipinski definition) is 3. The normalized spacial score (nSPS) is 32.9.